The van der Waals surface area contributed by atoms with Gasteiger partial charge in [-0.15, -0.1) is 0 Å². The minimum Gasteiger partial charge on any atom is -0.387 e. The summed E-state index contributed by atoms with van der Waals surface area (Å²) < 4.78 is 1.86. The molecule has 0 saturated heterocycles. The van der Waals surface area contributed by atoms with Crippen LogP contribution in [-0.4, -0.2) is 21.7 Å². The number of hydrogen-bond acceptors (Lipinski definition) is 2. The van der Waals surface area contributed by atoms with Gasteiger partial charge in [0.25, 0.3) is 0 Å². The number of hydrogen-bond donors (Lipinski definition) is 1. The Balaban J connectivity index is 2.51. The highest BCUT2D eigenvalue weighted by atomic mass is 15.3. The van der Waals surface area contributed by atoms with E-state index >= 15 is 0 Å². The SMILES string of the molecule is CC(Cn1cccn1)N=C(N)C(C)C. The van der Waals surface area contributed by atoms with Gasteiger partial charge in [0, 0.05) is 18.3 Å². The minimum atomic E-state index is 0.178. The Morgan fingerprint density at radius 1 is 1.50 bits per heavy atom. The van der Waals surface area contributed by atoms with Gasteiger partial charge in [-0.25, -0.2) is 0 Å². The van der Waals surface area contributed by atoms with E-state index in [9.17, 15) is 0 Å². The van der Waals surface area contributed by atoms with Crippen molar-refractivity contribution in [2.75, 3.05) is 0 Å². The van der Waals surface area contributed by atoms with Gasteiger partial charge in [-0.1, -0.05) is 13.8 Å². The fourth-order valence-electron chi connectivity index (χ4n) is 1.12. The molecule has 0 bridgehead atoms. The van der Waals surface area contributed by atoms with Crippen LogP contribution in [0.25, 0.3) is 0 Å². The molecule has 4 nitrogen and oxygen atoms in total. The van der Waals surface area contributed by atoms with Crippen molar-refractivity contribution >= 4 is 5.84 Å². The van der Waals surface area contributed by atoms with Gasteiger partial charge in [0.05, 0.1) is 18.4 Å². The molecule has 78 valence electrons. The fourth-order valence-corrected chi connectivity index (χ4v) is 1.12. The quantitative estimate of drug-likeness (QED) is 0.580. The van der Waals surface area contributed by atoms with Crippen LogP contribution in [0.2, 0.25) is 0 Å². The molecule has 1 aromatic rings. The van der Waals surface area contributed by atoms with E-state index in [0.29, 0.717) is 11.8 Å². The second-order valence-electron chi connectivity index (χ2n) is 3.79. The van der Waals surface area contributed by atoms with E-state index in [4.69, 9.17) is 5.73 Å². The van der Waals surface area contributed by atoms with Crippen LogP contribution in [-0.2, 0) is 6.54 Å². The molecule has 0 amide bonds. The highest BCUT2D eigenvalue weighted by molar-refractivity contribution is 5.82. The van der Waals surface area contributed by atoms with Gasteiger partial charge >= 0.3 is 0 Å². The summed E-state index contributed by atoms with van der Waals surface area (Å²) in [6, 6.07) is 2.08. The Bertz CT molecular complexity index is 287. The first-order chi connectivity index (χ1) is 6.59. The summed E-state index contributed by atoms with van der Waals surface area (Å²) in [5, 5.41) is 4.11. The van der Waals surface area contributed by atoms with Crippen molar-refractivity contribution in [1.82, 2.24) is 9.78 Å². The largest absolute Gasteiger partial charge is 0.387 e. The molecule has 0 aliphatic heterocycles. The second kappa shape index (κ2) is 4.79. The summed E-state index contributed by atoms with van der Waals surface area (Å²) in [7, 11) is 0. The molecule has 0 spiro atoms. The van der Waals surface area contributed by atoms with Crippen LogP contribution >= 0.6 is 0 Å². The monoisotopic (exact) mass is 194 g/mol. The van der Waals surface area contributed by atoms with E-state index in [0.717, 1.165) is 6.54 Å². The Morgan fingerprint density at radius 3 is 2.71 bits per heavy atom. The Morgan fingerprint density at radius 2 is 2.21 bits per heavy atom. The number of nitrogens with zero attached hydrogens (tertiary/aromatic N) is 3. The van der Waals surface area contributed by atoms with E-state index in [1.807, 2.05) is 37.7 Å². The molecule has 0 aromatic carbocycles. The third-order valence-electron chi connectivity index (χ3n) is 1.97. The van der Waals surface area contributed by atoms with Crippen molar-refractivity contribution in [1.29, 1.82) is 0 Å². The topological polar surface area (TPSA) is 56.2 Å². The van der Waals surface area contributed by atoms with Crippen molar-refractivity contribution in [2.24, 2.45) is 16.6 Å². The standard InChI is InChI=1S/C10H18N4/c1-8(2)10(11)13-9(3)7-14-6-4-5-12-14/h4-6,8-9H,7H2,1-3H3,(H2,11,13). The molecule has 0 aliphatic carbocycles. The van der Waals surface area contributed by atoms with Crippen LogP contribution in [0.3, 0.4) is 0 Å². The van der Waals surface area contributed by atoms with E-state index in [2.05, 4.69) is 10.1 Å². The molecule has 4 heteroatoms. The number of rotatable bonds is 4. The van der Waals surface area contributed by atoms with Crippen LogP contribution in [0.4, 0.5) is 0 Å². The first kappa shape index (κ1) is 10.8. The molecule has 1 aromatic heterocycles. The first-order valence-electron chi connectivity index (χ1n) is 4.90. The molecule has 1 unspecified atom stereocenters. The van der Waals surface area contributed by atoms with Crippen molar-refractivity contribution < 1.29 is 0 Å². The normalized spacial score (nSPS) is 14.7. The van der Waals surface area contributed by atoms with Gasteiger partial charge < -0.3 is 5.73 Å². The summed E-state index contributed by atoms with van der Waals surface area (Å²) in [6.07, 6.45) is 3.69. The molecule has 1 atom stereocenters. The maximum Gasteiger partial charge on any atom is 0.0966 e. The number of aliphatic imine (C=N–C) groups is 1. The highest BCUT2D eigenvalue weighted by Crippen LogP contribution is 1.99. The lowest BCUT2D eigenvalue weighted by atomic mass is 10.2. The van der Waals surface area contributed by atoms with E-state index in [1.165, 1.54) is 0 Å². The Hall–Kier alpha value is -1.32. The molecule has 0 saturated carbocycles. The predicted octanol–water partition coefficient (Wildman–Crippen LogP) is 1.28. The van der Waals surface area contributed by atoms with E-state index in [-0.39, 0.29) is 6.04 Å². The fraction of sp³-hybridized carbons (Fsp3) is 0.600. The van der Waals surface area contributed by atoms with Gasteiger partial charge in [-0.3, -0.25) is 9.67 Å². The maximum atomic E-state index is 5.77. The molecular weight excluding hydrogens is 176 g/mol. The first-order valence-corrected chi connectivity index (χ1v) is 4.90. The van der Waals surface area contributed by atoms with Crippen molar-refractivity contribution in [2.45, 2.75) is 33.4 Å². The van der Waals surface area contributed by atoms with E-state index < -0.39 is 0 Å². The maximum absolute atomic E-state index is 5.77. The summed E-state index contributed by atoms with van der Waals surface area (Å²) in [6.45, 7) is 6.90. The average molecular weight is 194 g/mol. The van der Waals surface area contributed by atoms with E-state index in [1.54, 1.807) is 6.20 Å². The lowest BCUT2D eigenvalue weighted by molar-refractivity contribution is 0.537. The van der Waals surface area contributed by atoms with Gasteiger partial charge in [0.15, 0.2) is 0 Å². The number of nitrogens with two attached hydrogens (primary N) is 1. The molecule has 2 N–H and O–H groups in total. The Kier molecular flexibility index (Phi) is 3.68. The molecule has 0 fully saturated rings. The van der Waals surface area contributed by atoms with Gasteiger partial charge in [0.1, 0.15) is 0 Å². The zero-order chi connectivity index (χ0) is 10.6. The summed E-state index contributed by atoms with van der Waals surface area (Å²) in [5.41, 5.74) is 5.77. The summed E-state index contributed by atoms with van der Waals surface area (Å²) in [4.78, 5) is 4.38. The zero-order valence-electron chi connectivity index (χ0n) is 9.01. The Labute approximate surface area is 84.8 Å². The van der Waals surface area contributed by atoms with Crippen LogP contribution in [0.15, 0.2) is 23.5 Å². The molecular formula is C10H18N4. The molecule has 0 aliphatic rings. The third kappa shape index (κ3) is 3.20. The molecule has 14 heavy (non-hydrogen) atoms. The van der Waals surface area contributed by atoms with Gasteiger partial charge in [0.2, 0.25) is 0 Å². The number of aromatic nitrogens is 2. The van der Waals surface area contributed by atoms with Crippen LogP contribution in [0.1, 0.15) is 20.8 Å². The van der Waals surface area contributed by atoms with Crippen LogP contribution < -0.4 is 5.73 Å². The third-order valence-corrected chi connectivity index (χ3v) is 1.97. The van der Waals surface area contributed by atoms with Crippen molar-refractivity contribution in [3.8, 4) is 0 Å². The molecule has 0 radical (unpaired) electrons. The van der Waals surface area contributed by atoms with Crippen molar-refractivity contribution in [3.63, 3.8) is 0 Å². The lowest BCUT2D eigenvalue weighted by Gasteiger charge is -2.10. The van der Waals surface area contributed by atoms with Crippen LogP contribution in [0, 0.1) is 5.92 Å². The summed E-state index contributed by atoms with van der Waals surface area (Å²) in [5.74, 6) is 1.03. The lowest BCUT2D eigenvalue weighted by Crippen LogP contribution is -2.23. The van der Waals surface area contributed by atoms with Crippen molar-refractivity contribution in [3.05, 3.63) is 18.5 Å². The van der Waals surface area contributed by atoms with Gasteiger partial charge in [-0.05, 0) is 13.0 Å². The highest BCUT2D eigenvalue weighted by Gasteiger charge is 2.04. The second-order valence-corrected chi connectivity index (χ2v) is 3.79. The molecule has 1 rings (SSSR count). The zero-order valence-corrected chi connectivity index (χ0v) is 9.01. The average Bonchev–Trinajstić information content (AvgIpc) is 2.56. The van der Waals surface area contributed by atoms with Crippen LogP contribution in [0.5, 0.6) is 0 Å². The minimum absolute atomic E-state index is 0.178. The van der Waals surface area contributed by atoms with Gasteiger partial charge in [-0.2, -0.15) is 5.10 Å². The smallest absolute Gasteiger partial charge is 0.0966 e. The predicted molar refractivity (Wildman–Crippen MR) is 58.1 cm³/mol. The summed E-state index contributed by atoms with van der Waals surface area (Å²) >= 11 is 0. The number of amidine groups is 1. The molecule has 1 heterocycles.